The Morgan fingerprint density at radius 1 is 0.581 bits per heavy atom. The Morgan fingerprint density at radius 3 is 1.39 bits per heavy atom. The molecule has 0 radical (unpaired) electrons. The van der Waals surface area contributed by atoms with Crippen molar-refractivity contribution in [1.82, 2.24) is 0 Å². The molecular weight excluding hydrogens is 371 g/mol. The summed E-state index contributed by atoms with van der Waals surface area (Å²) in [5.74, 6) is 0. The van der Waals surface area contributed by atoms with Crippen molar-refractivity contribution >= 4 is 22.5 Å². The highest BCUT2D eigenvalue weighted by molar-refractivity contribution is 7.12. The summed E-state index contributed by atoms with van der Waals surface area (Å²) in [4.78, 5) is 0. The van der Waals surface area contributed by atoms with Crippen LogP contribution in [-0.4, -0.2) is 6.15 Å². The van der Waals surface area contributed by atoms with Gasteiger partial charge in [-0.1, -0.05) is 125 Å². The highest BCUT2D eigenvalue weighted by Gasteiger charge is 2.33. The number of aryl methyl sites for hydroxylation is 2. The SMILES string of the molecule is CCCC[B-](c1ccccc1)(c1ccccc1)c1c(CC)c(CC)cc(CC)c1CC. The largest absolute Gasteiger partial charge is 0.200 e. The van der Waals surface area contributed by atoms with Gasteiger partial charge in [-0.05, 0) is 36.8 Å². The lowest BCUT2D eigenvalue weighted by Gasteiger charge is -2.47. The van der Waals surface area contributed by atoms with E-state index in [0.717, 1.165) is 25.7 Å². The summed E-state index contributed by atoms with van der Waals surface area (Å²) in [6, 6.07) is 25.4. The van der Waals surface area contributed by atoms with Crippen molar-refractivity contribution in [3.05, 3.63) is 89.0 Å². The molecule has 0 amide bonds. The molecule has 0 bridgehead atoms. The summed E-state index contributed by atoms with van der Waals surface area (Å²) in [5.41, 5.74) is 11.0. The highest BCUT2D eigenvalue weighted by Crippen LogP contribution is 2.26. The Balaban J connectivity index is 2.53. The van der Waals surface area contributed by atoms with Crippen molar-refractivity contribution in [3.63, 3.8) is 0 Å². The van der Waals surface area contributed by atoms with E-state index >= 15 is 0 Å². The van der Waals surface area contributed by atoms with Crippen LogP contribution in [0.25, 0.3) is 0 Å². The Labute approximate surface area is 191 Å². The molecule has 0 saturated carbocycles. The van der Waals surface area contributed by atoms with Gasteiger partial charge >= 0.3 is 0 Å². The Bertz CT molecular complexity index is 887. The first-order valence-corrected chi connectivity index (χ1v) is 12.6. The van der Waals surface area contributed by atoms with Crippen molar-refractivity contribution in [2.45, 2.75) is 79.5 Å². The van der Waals surface area contributed by atoms with Gasteiger partial charge < -0.3 is 0 Å². The molecule has 0 N–H and O–H groups in total. The third-order valence-electron chi connectivity index (χ3n) is 7.46. The highest BCUT2D eigenvalue weighted by atomic mass is 14.2. The molecule has 0 aliphatic heterocycles. The first-order valence-electron chi connectivity index (χ1n) is 12.6. The molecule has 3 aromatic rings. The molecule has 0 aliphatic rings. The molecule has 164 valence electrons. The van der Waals surface area contributed by atoms with Gasteiger partial charge in [-0.25, -0.2) is 0 Å². The quantitative estimate of drug-likeness (QED) is 0.348. The fourth-order valence-electron chi connectivity index (χ4n) is 6.05. The van der Waals surface area contributed by atoms with E-state index in [1.165, 1.54) is 30.1 Å². The lowest BCUT2D eigenvalue weighted by molar-refractivity contribution is 0.873. The maximum Gasteiger partial charge on any atom is 0.0821 e. The maximum atomic E-state index is 2.53. The van der Waals surface area contributed by atoms with Gasteiger partial charge in [0.15, 0.2) is 0 Å². The number of rotatable bonds is 10. The third kappa shape index (κ3) is 4.38. The van der Waals surface area contributed by atoms with E-state index in [9.17, 15) is 0 Å². The van der Waals surface area contributed by atoms with E-state index in [2.05, 4.69) is 101 Å². The standard InChI is InChI=1S/C30H40B/c1-6-11-22-31(26-18-14-12-15-19-26,27-20-16-13-17-21-27)30-28(9-4)24(7-2)23-25(8-3)29(30)10-5/h12-21,23H,6-11,22H2,1-5H3/q-1. The van der Waals surface area contributed by atoms with Crippen LogP contribution in [0.15, 0.2) is 66.7 Å². The van der Waals surface area contributed by atoms with Crippen LogP contribution in [0.4, 0.5) is 0 Å². The topological polar surface area (TPSA) is 0 Å². The van der Waals surface area contributed by atoms with Crippen molar-refractivity contribution in [3.8, 4) is 0 Å². The van der Waals surface area contributed by atoms with Crippen LogP contribution in [-0.2, 0) is 25.7 Å². The molecule has 0 saturated heterocycles. The normalized spacial score (nSPS) is 11.6. The van der Waals surface area contributed by atoms with Gasteiger partial charge in [-0.2, -0.15) is 22.7 Å². The minimum atomic E-state index is -1.04. The third-order valence-corrected chi connectivity index (χ3v) is 7.46. The van der Waals surface area contributed by atoms with Gasteiger partial charge in [0.25, 0.3) is 0 Å². The van der Waals surface area contributed by atoms with Crippen LogP contribution >= 0.6 is 0 Å². The van der Waals surface area contributed by atoms with E-state index in [1.54, 1.807) is 27.7 Å². The van der Waals surface area contributed by atoms with Gasteiger partial charge in [0.1, 0.15) is 0 Å². The average Bonchev–Trinajstić information content (AvgIpc) is 2.84. The number of unbranched alkanes of at least 4 members (excludes halogenated alkanes) is 1. The van der Waals surface area contributed by atoms with Gasteiger partial charge in [0.05, 0.1) is 6.15 Å². The summed E-state index contributed by atoms with van der Waals surface area (Å²) in [5, 5.41) is 0. The smallest absolute Gasteiger partial charge is 0.0821 e. The Kier molecular flexibility index (Phi) is 8.18. The minimum absolute atomic E-state index is 1.04. The molecule has 0 nitrogen and oxygen atoms in total. The Hall–Kier alpha value is -2.28. The van der Waals surface area contributed by atoms with Crippen LogP contribution in [0.1, 0.15) is 69.7 Å². The Morgan fingerprint density at radius 2 is 1.03 bits per heavy atom. The predicted octanol–water partition coefficient (Wildman–Crippen LogP) is 6.21. The summed E-state index contributed by atoms with van der Waals surface area (Å²) >= 11 is 0. The number of hydrogen-bond donors (Lipinski definition) is 0. The molecule has 0 fully saturated rings. The van der Waals surface area contributed by atoms with Crippen molar-refractivity contribution in [2.24, 2.45) is 0 Å². The summed E-state index contributed by atoms with van der Waals surface area (Å²) in [7, 11) is 0. The molecule has 0 aromatic heterocycles. The van der Waals surface area contributed by atoms with Gasteiger partial charge in [0, 0.05) is 0 Å². The van der Waals surface area contributed by atoms with E-state index in [-0.39, 0.29) is 0 Å². The average molecular weight is 411 g/mol. The lowest BCUT2D eigenvalue weighted by Crippen LogP contribution is -2.69. The second kappa shape index (κ2) is 10.8. The van der Waals surface area contributed by atoms with E-state index in [1.807, 2.05) is 0 Å². The summed E-state index contributed by atoms with van der Waals surface area (Å²) in [6.45, 7) is 11.7. The molecule has 1 heteroatoms. The van der Waals surface area contributed by atoms with Crippen molar-refractivity contribution in [1.29, 1.82) is 0 Å². The first kappa shape index (κ1) is 23.4. The van der Waals surface area contributed by atoms with Gasteiger partial charge in [-0.3, -0.25) is 0 Å². The fraction of sp³-hybridized carbons (Fsp3) is 0.400. The predicted molar refractivity (Wildman–Crippen MR) is 141 cm³/mol. The summed E-state index contributed by atoms with van der Waals surface area (Å²) in [6.07, 6.45) is 7.06. The number of hydrogen-bond acceptors (Lipinski definition) is 0. The fourth-order valence-corrected chi connectivity index (χ4v) is 6.05. The number of benzene rings is 3. The van der Waals surface area contributed by atoms with Crippen molar-refractivity contribution in [2.75, 3.05) is 0 Å². The van der Waals surface area contributed by atoms with Crippen molar-refractivity contribution < 1.29 is 0 Å². The molecule has 0 atom stereocenters. The van der Waals surface area contributed by atoms with E-state index < -0.39 is 6.15 Å². The van der Waals surface area contributed by atoms with Crippen LogP contribution in [0.5, 0.6) is 0 Å². The zero-order chi connectivity index (χ0) is 22.3. The van der Waals surface area contributed by atoms with Gasteiger partial charge in [0.2, 0.25) is 0 Å². The summed E-state index contributed by atoms with van der Waals surface area (Å²) < 4.78 is 0. The van der Waals surface area contributed by atoms with E-state index in [4.69, 9.17) is 0 Å². The van der Waals surface area contributed by atoms with Crippen LogP contribution in [0.3, 0.4) is 0 Å². The zero-order valence-electron chi connectivity index (χ0n) is 20.4. The lowest BCUT2D eigenvalue weighted by atomic mass is 9.13. The second-order valence-electron chi connectivity index (χ2n) is 8.99. The molecule has 0 heterocycles. The molecule has 0 spiro atoms. The first-order chi connectivity index (χ1) is 15.2. The maximum absolute atomic E-state index is 2.53. The minimum Gasteiger partial charge on any atom is -0.200 e. The second-order valence-corrected chi connectivity index (χ2v) is 8.99. The van der Waals surface area contributed by atoms with E-state index in [0.29, 0.717) is 0 Å². The monoisotopic (exact) mass is 411 g/mol. The zero-order valence-corrected chi connectivity index (χ0v) is 20.4. The molecule has 0 aliphatic carbocycles. The van der Waals surface area contributed by atoms with Crippen LogP contribution in [0.2, 0.25) is 6.32 Å². The van der Waals surface area contributed by atoms with Crippen LogP contribution < -0.4 is 16.4 Å². The van der Waals surface area contributed by atoms with Gasteiger partial charge in [-0.15, -0.1) is 0 Å². The molecule has 3 aromatic carbocycles. The molecule has 31 heavy (non-hydrogen) atoms. The molecule has 0 unspecified atom stereocenters. The molecular formula is C30H40B-. The molecule has 3 rings (SSSR count). The van der Waals surface area contributed by atoms with Crippen LogP contribution in [0, 0.1) is 0 Å².